The largest absolute Gasteiger partial charge is 0.479 e. The van der Waals surface area contributed by atoms with Crippen LogP contribution < -0.4 is 4.74 Å². The highest BCUT2D eigenvalue weighted by molar-refractivity contribution is 6.33. The van der Waals surface area contributed by atoms with E-state index in [4.69, 9.17) is 33.0 Å². The summed E-state index contributed by atoms with van der Waals surface area (Å²) >= 11 is 11.1. The Morgan fingerprint density at radius 2 is 2.23 bits per heavy atom. The van der Waals surface area contributed by atoms with Crippen molar-refractivity contribution in [1.82, 2.24) is 4.98 Å². The lowest BCUT2D eigenvalue weighted by molar-refractivity contribution is -0.139. The summed E-state index contributed by atoms with van der Waals surface area (Å²) in [6, 6.07) is 2.92. The van der Waals surface area contributed by atoms with Crippen molar-refractivity contribution in [2.24, 2.45) is 0 Å². The highest BCUT2D eigenvalue weighted by atomic mass is 35.5. The number of nitrogens with zero attached hydrogens (tertiary/aromatic N) is 1. The van der Waals surface area contributed by atoms with Crippen LogP contribution in [0.5, 0.6) is 5.75 Å². The minimum absolute atomic E-state index is 0.0498. The number of pyridine rings is 1. The molecule has 1 heterocycles. The summed E-state index contributed by atoms with van der Waals surface area (Å²) in [4.78, 5) is 13.8. The molecule has 70 valence electrons. The number of rotatable bonds is 3. The minimum atomic E-state index is -1.08. The minimum Gasteiger partial charge on any atom is -0.479 e. The molecule has 6 heteroatoms. The van der Waals surface area contributed by atoms with Gasteiger partial charge in [0.15, 0.2) is 17.5 Å². The molecule has 0 aliphatic carbocycles. The molecule has 0 bridgehead atoms. The van der Waals surface area contributed by atoms with Crippen LogP contribution in [0.2, 0.25) is 10.3 Å². The number of carboxylic acid groups (broad SMARTS) is 1. The van der Waals surface area contributed by atoms with E-state index in [0.29, 0.717) is 0 Å². The number of ether oxygens (including phenoxy) is 1. The SMILES string of the molecule is O=C(O)COc1ccc(Cl)nc1Cl. The quantitative estimate of drug-likeness (QED) is 0.792. The number of hydrogen-bond acceptors (Lipinski definition) is 3. The second-order valence-electron chi connectivity index (χ2n) is 2.11. The van der Waals surface area contributed by atoms with Crippen molar-refractivity contribution in [3.8, 4) is 5.75 Å². The molecule has 1 aromatic rings. The van der Waals surface area contributed by atoms with E-state index in [1.807, 2.05) is 0 Å². The Hall–Kier alpha value is -1.00. The summed E-state index contributed by atoms with van der Waals surface area (Å²) in [6.07, 6.45) is 0. The monoisotopic (exact) mass is 221 g/mol. The van der Waals surface area contributed by atoms with Crippen molar-refractivity contribution in [1.29, 1.82) is 0 Å². The van der Waals surface area contributed by atoms with Crippen LogP contribution in [0.3, 0.4) is 0 Å². The van der Waals surface area contributed by atoms with Crippen molar-refractivity contribution in [3.05, 3.63) is 22.4 Å². The number of halogens is 2. The fourth-order valence-electron chi connectivity index (χ4n) is 0.647. The van der Waals surface area contributed by atoms with Crippen molar-refractivity contribution in [3.63, 3.8) is 0 Å². The molecule has 0 saturated heterocycles. The van der Waals surface area contributed by atoms with Gasteiger partial charge in [0, 0.05) is 0 Å². The topological polar surface area (TPSA) is 59.4 Å². The standard InChI is InChI=1S/C7H5Cl2NO3/c8-5-2-1-4(7(9)10-5)13-3-6(11)12/h1-2H,3H2,(H,11,12). The molecule has 0 spiro atoms. The van der Waals surface area contributed by atoms with Crippen LogP contribution in [0.15, 0.2) is 12.1 Å². The lowest BCUT2D eigenvalue weighted by Crippen LogP contribution is -2.09. The van der Waals surface area contributed by atoms with E-state index in [9.17, 15) is 4.79 Å². The molecule has 0 aliphatic heterocycles. The molecule has 0 radical (unpaired) electrons. The van der Waals surface area contributed by atoms with E-state index in [-0.39, 0.29) is 16.1 Å². The lowest BCUT2D eigenvalue weighted by atomic mass is 10.4. The van der Waals surface area contributed by atoms with Gasteiger partial charge in [0.05, 0.1) is 0 Å². The van der Waals surface area contributed by atoms with Crippen LogP contribution in [0.1, 0.15) is 0 Å². The third kappa shape index (κ3) is 3.08. The third-order valence-corrected chi connectivity index (χ3v) is 1.61. The molecule has 0 atom stereocenters. The Bertz CT molecular complexity index is 330. The van der Waals surface area contributed by atoms with Crippen molar-refractivity contribution in [2.75, 3.05) is 6.61 Å². The van der Waals surface area contributed by atoms with Gasteiger partial charge in [-0.1, -0.05) is 23.2 Å². The first kappa shape index (κ1) is 10.1. The lowest BCUT2D eigenvalue weighted by Gasteiger charge is -2.03. The highest BCUT2D eigenvalue weighted by Crippen LogP contribution is 2.23. The first-order valence-electron chi connectivity index (χ1n) is 3.26. The highest BCUT2D eigenvalue weighted by Gasteiger charge is 2.05. The molecule has 1 rings (SSSR count). The molecule has 0 aromatic carbocycles. The van der Waals surface area contributed by atoms with Crippen LogP contribution in [0, 0.1) is 0 Å². The Kier molecular flexibility index (Phi) is 3.33. The fraction of sp³-hybridized carbons (Fsp3) is 0.143. The number of aliphatic carboxylic acids is 1. The van der Waals surface area contributed by atoms with Crippen LogP contribution in [-0.2, 0) is 4.79 Å². The first-order valence-corrected chi connectivity index (χ1v) is 4.02. The molecule has 13 heavy (non-hydrogen) atoms. The zero-order valence-corrected chi connectivity index (χ0v) is 7.84. The van der Waals surface area contributed by atoms with Crippen LogP contribution >= 0.6 is 23.2 Å². The van der Waals surface area contributed by atoms with Gasteiger partial charge in [0.2, 0.25) is 0 Å². The third-order valence-electron chi connectivity index (χ3n) is 1.13. The van der Waals surface area contributed by atoms with Gasteiger partial charge in [0.25, 0.3) is 0 Å². The molecule has 0 saturated carbocycles. The number of carboxylic acids is 1. The van der Waals surface area contributed by atoms with E-state index in [0.717, 1.165) is 0 Å². The van der Waals surface area contributed by atoms with Gasteiger partial charge in [-0.25, -0.2) is 9.78 Å². The van der Waals surface area contributed by atoms with E-state index in [1.54, 1.807) is 0 Å². The summed E-state index contributed by atoms with van der Waals surface area (Å²) in [6.45, 7) is -0.455. The Balaban J connectivity index is 2.72. The number of aromatic nitrogens is 1. The molecule has 0 fully saturated rings. The van der Waals surface area contributed by atoms with E-state index in [1.165, 1.54) is 12.1 Å². The maximum atomic E-state index is 10.1. The molecule has 4 nitrogen and oxygen atoms in total. The van der Waals surface area contributed by atoms with Crippen LogP contribution in [0.4, 0.5) is 0 Å². The molecule has 0 aliphatic rings. The van der Waals surface area contributed by atoms with E-state index in [2.05, 4.69) is 4.98 Å². The van der Waals surface area contributed by atoms with Gasteiger partial charge >= 0.3 is 5.97 Å². The Labute approximate surface area is 84.1 Å². The molecule has 0 unspecified atom stereocenters. The fourth-order valence-corrected chi connectivity index (χ4v) is 1.05. The van der Waals surface area contributed by atoms with Gasteiger partial charge in [-0.2, -0.15) is 0 Å². The Morgan fingerprint density at radius 1 is 1.54 bits per heavy atom. The van der Waals surface area contributed by atoms with Crippen LogP contribution in [-0.4, -0.2) is 22.7 Å². The maximum absolute atomic E-state index is 10.1. The second-order valence-corrected chi connectivity index (χ2v) is 2.85. The van der Waals surface area contributed by atoms with Gasteiger partial charge in [0.1, 0.15) is 5.15 Å². The number of carbonyl (C=O) groups is 1. The predicted octanol–water partition coefficient (Wildman–Crippen LogP) is 1.85. The molecular weight excluding hydrogens is 217 g/mol. The first-order chi connectivity index (χ1) is 6.09. The molecule has 1 aromatic heterocycles. The summed E-state index contributed by atoms with van der Waals surface area (Å²) in [7, 11) is 0. The van der Waals surface area contributed by atoms with Gasteiger partial charge in [-0.05, 0) is 12.1 Å². The summed E-state index contributed by atoms with van der Waals surface area (Å²) in [5.41, 5.74) is 0. The summed E-state index contributed by atoms with van der Waals surface area (Å²) in [5.74, 6) is -0.875. The summed E-state index contributed by atoms with van der Waals surface area (Å²) < 4.78 is 4.80. The van der Waals surface area contributed by atoms with Crippen molar-refractivity contribution in [2.45, 2.75) is 0 Å². The van der Waals surface area contributed by atoms with Crippen molar-refractivity contribution < 1.29 is 14.6 Å². The Morgan fingerprint density at radius 3 is 2.77 bits per heavy atom. The number of hydrogen-bond donors (Lipinski definition) is 1. The van der Waals surface area contributed by atoms with Crippen molar-refractivity contribution >= 4 is 29.2 Å². The predicted molar refractivity (Wildman–Crippen MR) is 47.4 cm³/mol. The normalized spacial score (nSPS) is 9.69. The maximum Gasteiger partial charge on any atom is 0.341 e. The molecule has 1 N–H and O–H groups in total. The zero-order valence-electron chi connectivity index (χ0n) is 6.33. The van der Waals surface area contributed by atoms with E-state index >= 15 is 0 Å². The zero-order chi connectivity index (χ0) is 9.84. The van der Waals surface area contributed by atoms with Gasteiger partial charge in [-0.3, -0.25) is 0 Å². The van der Waals surface area contributed by atoms with Gasteiger partial charge < -0.3 is 9.84 Å². The van der Waals surface area contributed by atoms with Crippen LogP contribution in [0.25, 0.3) is 0 Å². The smallest absolute Gasteiger partial charge is 0.341 e. The average molecular weight is 222 g/mol. The van der Waals surface area contributed by atoms with E-state index < -0.39 is 12.6 Å². The van der Waals surface area contributed by atoms with Gasteiger partial charge in [-0.15, -0.1) is 0 Å². The second kappa shape index (κ2) is 4.30. The summed E-state index contributed by atoms with van der Waals surface area (Å²) in [5, 5.41) is 8.58. The average Bonchev–Trinajstić information content (AvgIpc) is 2.02. The molecule has 0 amide bonds. The molecular formula is C7H5Cl2NO3.